The summed E-state index contributed by atoms with van der Waals surface area (Å²) in [5.41, 5.74) is 1.12. The molecule has 0 aliphatic heterocycles. The molecule has 0 amide bonds. The first-order valence-corrected chi connectivity index (χ1v) is 7.57. The third-order valence-electron chi connectivity index (χ3n) is 5.55. The van der Waals surface area contributed by atoms with E-state index in [0.717, 1.165) is 12.8 Å². The second-order valence-electron chi connectivity index (χ2n) is 8.15. The quantitative estimate of drug-likeness (QED) is 0.560. The Morgan fingerprint density at radius 3 is 2.45 bits per heavy atom. The molecular formula is C18H28O2. The molecule has 0 aromatic carbocycles. The highest BCUT2D eigenvalue weighted by molar-refractivity contribution is 5.75. The first-order valence-electron chi connectivity index (χ1n) is 7.57. The van der Waals surface area contributed by atoms with Gasteiger partial charge in [-0.2, -0.15) is 0 Å². The van der Waals surface area contributed by atoms with Crippen LogP contribution in [0.4, 0.5) is 0 Å². The number of carbonyl (C=O) groups is 1. The van der Waals surface area contributed by atoms with Crippen molar-refractivity contribution in [3.8, 4) is 0 Å². The Bertz CT molecular complexity index is 464. The van der Waals surface area contributed by atoms with Crippen molar-refractivity contribution >= 4 is 5.97 Å². The van der Waals surface area contributed by atoms with E-state index in [1.54, 1.807) is 0 Å². The summed E-state index contributed by atoms with van der Waals surface area (Å²) in [5, 5.41) is 0. The Morgan fingerprint density at radius 2 is 2.05 bits per heavy atom. The molecule has 20 heavy (non-hydrogen) atoms. The Kier molecular flexibility index (Phi) is 3.43. The number of hydrogen-bond acceptors (Lipinski definition) is 2. The van der Waals surface area contributed by atoms with Gasteiger partial charge in [0, 0.05) is 5.41 Å². The van der Waals surface area contributed by atoms with E-state index in [4.69, 9.17) is 4.74 Å². The van der Waals surface area contributed by atoms with Crippen molar-refractivity contribution in [3.63, 3.8) is 0 Å². The zero-order valence-electron chi connectivity index (χ0n) is 13.7. The lowest BCUT2D eigenvalue weighted by molar-refractivity contribution is -0.163. The van der Waals surface area contributed by atoms with E-state index in [1.807, 2.05) is 26.8 Å². The number of esters is 1. The molecule has 0 unspecified atom stereocenters. The van der Waals surface area contributed by atoms with Gasteiger partial charge in [0.15, 0.2) is 0 Å². The lowest BCUT2D eigenvalue weighted by atomic mass is 9.69. The highest BCUT2D eigenvalue weighted by Crippen LogP contribution is 2.65. The average molecular weight is 276 g/mol. The molecular weight excluding hydrogens is 248 g/mol. The second kappa shape index (κ2) is 4.47. The summed E-state index contributed by atoms with van der Waals surface area (Å²) in [6, 6.07) is 0. The standard InChI is InChI=1S/C18H28O2/c1-8-9-12-11-18(7)14(10-13(12)17(18,5)6)20-15(19)16(2,3)4/h8,11,13-14H,1,9-10H2,2-7H3/t13-,14-,18-/m1/s1. The van der Waals surface area contributed by atoms with Crippen molar-refractivity contribution < 1.29 is 9.53 Å². The third kappa shape index (κ3) is 2.04. The Balaban J connectivity index is 2.25. The van der Waals surface area contributed by atoms with Crippen molar-refractivity contribution in [1.29, 1.82) is 0 Å². The van der Waals surface area contributed by atoms with Gasteiger partial charge in [-0.1, -0.05) is 38.5 Å². The van der Waals surface area contributed by atoms with Crippen LogP contribution in [0.15, 0.2) is 24.3 Å². The molecule has 0 spiro atoms. The molecule has 2 heteroatoms. The molecule has 1 fully saturated rings. The highest BCUT2D eigenvalue weighted by Gasteiger charge is 2.62. The van der Waals surface area contributed by atoms with E-state index >= 15 is 0 Å². The zero-order valence-corrected chi connectivity index (χ0v) is 13.7. The molecule has 112 valence electrons. The lowest BCUT2D eigenvalue weighted by Crippen LogP contribution is -2.39. The summed E-state index contributed by atoms with van der Waals surface area (Å²) in [6.45, 7) is 16.4. The highest BCUT2D eigenvalue weighted by atomic mass is 16.5. The number of carbonyl (C=O) groups excluding carboxylic acids is 1. The largest absolute Gasteiger partial charge is 0.461 e. The minimum Gasteiger partial charge on any atom is -0.461 e. The predicted molar refractivity (Wildman–Crippen MR) is 82.2 cm³/mol. The number of allylic oxidation sites excluding steroid dienone is 2. The van der Waals surface area contributed by atoms with Crippen LogP contribution in [0.1, 0.15) is 54.4 Å². The van der Waals surface area contributed by atoms with E-state index in [9.17, 15) is 4.79 Å². The van der Waals surface area contributed by atoms with Crippen LogP contribution in [-0.4, -0.2) is 12.1 Å². The molecule has 1 saturated carbocycles. The Morgan fingerprint density at radius 1 is 1.45 bits per heavy atom. The van der Waals surface area contributed by atoms with E-state index in [0.29, 0.717) is 5.92 Å². The van der Waals surface area contributed by atoms with Gasteiger partial charge in [0.25, 0.3) is 0 Å². The van der Waals surface area contributed by atoms with E-state index in [1.165, 1.54) is 5.57 Å². The van der Waals surface area contributed by atoms with Gasteiger partial charge in [0.05, 0.1) is 5.41 Å². The maximum Gasteiger partial charge on any atom is 0.311 e. The molecule has 2 bridgehead atoms. The van der Waals surface area contributed by atoms with E-state index in [-0.39, 0.29) is 22.9 Å². The minimum atomic E-state index is -0.435. The van der Waals surface area contributed by atoms with Crippen molar-refractivity contribution in [2.45, 2.75) is 60.5 Å². The molecule has 2 rings (SSSR count). The number of fused-ring (bicyclic) bond motifs is 2. The van der Waals surface area contributed by atoms with Crippen molar-refractivity contribution in [1.82, 2.24) is 0 Å². The van der Waals surface area contributed by atoms with Crippen LogP contribution in [-0.2, 0) is 9.53 Å². The number of hydrogen-bond donors (Lipinski definition) is 0. The van der Waals surface area contributed by atoms with Crippen LogP contribution in [0.5, 0.6) is 0 Å². The molecule has 3 atom stereocenters. The molecule has 0 aromatic heterocycles. The summed E-state index contributed by atoms with van der Waals surface area (Å²) in [5.74, 6) is 0.411. The van der Waals surface area contributed by atoms with Crippen LogP contribution < -0.4 is 0 Å². The monoisotopic (exact) mass is 276 g/mol. The molecule has 0 N–H and O–H groups in total. The lowest BCUT2D eigenvalue weighted by Gasteiger charge is -2.38. The fourth-order valence-electron chi connectivity index (χ4n) is 3.77. The van der Waals surface area contributed by atoms with Crippen LogP contribution >= 0.6 is 0 Å². The Hall–Kier alpha value is -1.05. The topological polar surface area (TPSA) is 26.3 Å². The van der Waals surface area contributed by atoms with Gasteiger partial charge in [-0.3, -0.25) is 4.79 Å². The van der Waals surface area contributed by atoms with Gasteiger partial charge >= 0.3 is 5.97 Å². The minimum absolute atomic E-state index is 0.00258. The van der Waals surface area contributed by atoms with Crippen molar-refractivity contribution in [2.24, 2.45) is 22.2 Å². The fourth-order valence-corrected chi connectivity index (χ4v) is 3.77. The number of rotatable bonds is 3. The van der Waals surface area contributed by atoms with Gasteiger partial charge in [-0.25, -0.2) is 0 Å². The maximum atomic E-state index is 12.2. The van der Waals surface area contributed by atoms with Gasteiger partial charge < -0.3 is 4.74 Å². The van der Waals surface area contributed by atoms with Crippen LogP contribution in [0.2, 0.25) is 0 Å². The van der Waals surface area contributed by atoms with E-state index < -0.39 is 5.41 Å². The Labute approximate surface area is 123 Å². The SMILES string of the molecule is C=CCC1=C[C@]2(C)[C@H](OC(=O)C(C)(C)C)C[C@H]1C2(C)C. The number of ether oxygens (including phenoxy) is 1. The van der Waals surface area contributed by atoms with Crippen molar-refractivity contribution in [2.75, 3.05) is 0 Å². The van der Waals surface area contributed by atoms with E-state index in [2.05, 4.69) is 33.4 Å². The summed E-state index contributed by atoms with van der Waals surface area (Å²) >= 11 is 0. The molecule has 0 saturated heterocycles. The van der Waals surface area contributed by atoms with Gasteiger partial charge in [-0.15, -0.1) is 6.58 Å². The first kappa shape index (κ1) is 15.3. The third-order valence-corrected chi connectivity index (χ3v) is 5.55. The average Bonchev–Trinajstić information content (AvgIpc) is 2.59. The summed E-state index contributed by atoms with van der Waals surface area (Å²) in [7, 11) is 0. The van der Waals surface area contributed by atoms with Crippen molar-refractivity contribution in [3.05, 3.63) is 24.3 Å². The van der Waals surface area contributed by atoms with Crippen LogP contribution in [0, 0.1) is 22.2 Å². The normalized spacial score (nSPS) is 34.8. The van der Waals surface area contributed by atoms with Gasteiger partial charge in [0.1, 0.15) is 6.10 Å². The summed E-state index contributed by atoms with van der Waals surface area (Å²) in [6.07, 6.45) is 6.23. The zero-order chi connectivity index (χ0) is 15.3. The molecule has 2 aliphatic rings. The molecule has 0 radical (unpaired) electrons. The van der Waals surface area contributed by atoms with Crippen LogP contribution in [0.25, 0.3) is 0 Å². The maximum absolute atomic E-state index is 12.2. The summed E-state index contributed by atoms with van der Waals surface area (Å²) in [4.78, 5) is 12.2. The van der Waals surface area contributed by atoms with Gasteiger partial charge in [-0.05, 0) is 44.9 Å². The first-order chi connectivity index (χ1) is 9.04. The molecule has 2 nitrogen and oxygen atoms in total. The molecule has 2 aliphatic carbocycles. The second-order valence-corrected chi connectivity index (χ2v) is 8.15. The molecule has 0 heterocycles. The van der Waals surface area contributed by atoms with Crippen LogP contribution in [0.3, 0.4) is 0 Å². The van der Waals surface area contributed by atoms with Gasteiger partial charge in [0.2, 0.25) is 0 Å². The smallest absolute Gasteiger partial charge is 0.311 e. The predicted octanol–water partition coefficient (Wildman–Crippen LogP) is 4.51. The molecule has 0 aromatic rings. The summed E-state index contributed by atoms with van der Waals surface area (Å²) < 4.78 is 5.87. The fraction of sp³-hybridized carbons (Fsp3) is 0.722.